The smallest absolute Gasteiger partial charge is 0.349 e. The van der Waals surface area contributed by atoms with Crippen LogP contribution in [0.2, 0.25) is 0 Å². The Hall–Kier alpha value is -1.93. The highest BCUT2D eigenvalue weighted by molar-refractivity contribution is 7.18. The number of rotatable bonds is 4. The van der Waals surface area contributed by atoms with Gasteiger partial charge in [-0.1, -0.05) is 20.8 Å². The van der Waals surface area contributed by atoms with E-state index in [1.807, 2.05) is 34.6 Å². The summed E-state index contributed by atoms with van der Waals surface area (Å²) in [5.41, 5.74) is 0.166. The summed E-state index contributed by atoms with van der Waals surface area (Å²) in [6.45, 7) is 13.6. The van der Waals surface area contributed by atoms with Crippen LogP contribution in [0.15, 0.2) is 6.07 Å². The first-order valence-corrected chi connectivity index (χ1v) is 10.3. The first kappa shape index (κ1) is 22.4. The molecule has 0 aliphatic carbocycles. The molecule has 1 aromatic heterocycles. The maximum absolute atomic E-state index is 12.6. The van der Waals surface area contributed by atoms with Gasteiger partial charge in [0.15, 0.2) is 6.10 Å². The van der Waals surface area contributed by atoms with Gasteiger partial charge >= 0.3 is 5.97 Å². The van der Waals surface area contributed by atoms with Gasteiger partial charge in [-0.15, -0.1) is 11.3 Å². The van der Waals surface area contributed by atoms with Gasteiger partial charge in [0.05, 0.1) is 17.2 Å². The molecule has 1 aliphatic heterocycles. The minimum atomic E-state index is -0.890. The van der Waals surface area contributed by atoms with Crippen molar-refractivity contribution < 1.29 is 23.9 Å². The molecule has 1 N–H and O–H groups in total. The second-order valence-corrected chi connectivity index (χ2v) is 9.43. The predicted octanol–water partition coefficient (Wildman–Crippen LogP) is 3.22. The van der Waals surface area contributed by atoms with Gasteiger partial charge in [0.1, 0.15) is 4.88 Å². The van der Waals surface area contributed by atoms with E-state index in [9.17, 15) is 14.4 Å². The zero-order valence-corrected chi connectivity index (χ0v) is 18.4. The molecule has 0 saturated carbocycles. The number of amides is 2. The molecule has 2 heterocycles. The Morgan fingerprint density at radius 1 is 1.25 bits per heavy atom. The molecule has 1 fully saturated rings. The van der Waals surface area contributed by atoms with Crippen molar-refractivity contribution in [3.05, 3.63) is 16.5 Å². The van der Waals surface area contributed by atoms with Crippen molar-refractivity contribution >= 4 is 34.1 Å². The summed E-state index contributed by atoms with van der Waals surface area (Å²) >= 11 is 1.15. The molecular weight excluding hydrogens is 380 g/mol. The summed E-state index contributed by atoms with van der Waals surface area (Å²) in [5.74, 6) is -0.924. The number of carbonyl (C=O) groups is 3. The fourth-order valence-corrected chi connectivity index (χ4v) is 3.88. The van der Waals surface area contributed by atoms with Crippen LogP contribution in [0.25, 0.3) is 0 Å². The molecule has 2 rings (SSSR count). The lowest BCUT2D eigenvalue weighted by Crippen LogP contribution is -2.51. The number of anilines is 1. The number of nitrogens with zero attached hydrogens (tertiary/aromatic N) is 1. The molecule has 0 spiro atoms. The van der Waals surface area contributed by atoms with Crippen LogP contribution in [0.5, 0.6) is 0 Å². The van der Waals surface area contributed by atoms with E-state index < -0.39 is 17.5 Å². The molecular formula is C20H30N2O5S. The maximum Gasteiger partial charge on any atom is 0.349 e. The molecule has 1 aliphatic rings. The van der Waals surface area contributed by atoms with E-state index in [1.165, 1.54) is 0 Å². The van der Waals surface area contributed by atoms with Gasteiger partial charge in [0, 0.05) is 18.5 Å². The average Bonchev–Trinajstić information content (AvgIpc) is 2.92. The number of ether oxygens (including phenoxy) is 2. The molecule has 1 aromatic rings. The highest BCUT2D eigenvalue weighted by Gasteiger charge is 2.31. The lowest BCUT2D eigenvalue weighted by Gasteiger charge is -2.36. The number of hydrogen-bond acceptors (Lipinski definition) is 6. The molecule has 2 amide bonds. The Morgan fingerprint density at radius 3 is 2.36 bits per heavy atom. The van der Waals surface area contributed by atoms with Gasteiger partial charge in [-0.3, -0.25) is 9.59 Å². The largest absolute Gasteiger partial charge is 0.448 e. The number of carbonyl (C=O) groups excluding carboxylic acids is 3. The van der Waals surface area contributed by atoms with Crippen molar-refractivity contribution in [3.8, 4) is 0 Å². The first-order chi connectivity index (χ1) is 12.9. The Kier molecular flexibility index (Phi) is 6.88. The molecule has 156 valence electrons. The SMILES string of the molecule is Cc1cc(NC(=O)C(C)(C)C)sc1C(=O)OC(C)C(=O)N1CC(C)OC(C)C1. The molecule has 3 unspecified atom stereocenters. The minimum absolute atomic E-state index is 0.0517. The van der Waals surface area contributed by atoms with Crippen molar-refractivity contribution in [2.75, 3.05) is 18.4 Å². The van der Waals surface area contributed by atoms with E-state index in [2.05, 4.69) is 5.32 Å². The molecule has 28 heavy (non-hydrogen) atoms. The number of aryl methyl sites for hydroxylation is 1. The van der Waals surface area contributed by atoms with Gasteiger partial charge in [0.2, 0.25) is 5.91 Å². The second kappa shape index (κ2) is 8.61. The monoisotopic (exact) mass is 410 g/mol. The summed E-state index contributed by atoms with van der Waals surface area (Å²) < 4.78 is 11.1. The van der Waals surface area contributed by atoms with Crippen molar-refractivity contribution in [3.63, 3.8) is 0 Å². The van der Waals surface area contributed by atoms with Crippen LogP contribution in [0.3, 0.4) is 0 Å². The maximum atomic E-state index is 12.6. The quantitative estimate of drug-likeness (QED) is 0.771. The van der Waals surface area contributed by atoms with E-state index in [1.54, 1.807) is 24.8 Å². The van der Waals surface area contributed by atoms with Crippen LogP contribution in [0, 0.1) is 12.3 Å². The number of thiophene rings is 1. The van der Waals surface area contributed by atoms with Crippen molar-refractivity contribution in [1.82, 2.24) is 4.90 Å². The van der Waals surface area contributed by atoms with Crippen molar-refractivity contribution in [2.45, 2.75) is 66.8 Å². The average molecular weight is 411 g/mol. The Morgan fingerprint density at radius 2 is 1.82 bits per heavy atom. The first-order valence-electron chi connectivity index (χ1n) is 9.45. The highest BCUT2D eigenvalue weighted by Crippen LogP contribution is 2.29. The molecule has 3 atom stereocenters. The Labute approximate surface area is 170 Å². The number of esters is 1. The number of hydrogen-bond donors (Lipinski definition) is 1. The molecule has 0 radical (unpaired) electrons. The predicted molar refractivity (Wildman–Crippen MR) is 109 cm³/mol. The Bertz CT molecular complexity index is 742. The van der Waals surface area contributed by atoms with Crippen molar-refractivity contribution in [1.29, 1.82) is 0 Å². The third-order valence-corrected chi connectivity index (χ3v) is 5.52. The molecule has 8 heteroatoms. The van der Waals surface area contributed by atoms with Gasteiger partial charge in [-0.25, -0.2) is 4.79 Å². The fourth-order valence-electron chi connectivity index (χ4n) is 2.93. The zero-order valence-electron chi connectivity index (χ0n) is 17.6. The fraction of sp³-hybridized carbons (Fsp3) is 0.650. The van der Waals surface area contributed by atoms with Gasteiger partial charge in [-0.05, 0) is 39.3 Å². The van der Waals surface area contributed by atoms with E-state index in [4.69, 9.17) is 9.47 Å². The lowest BCUT2D eigenvalue weighted by atomic mass is 9.96. The van der Waals surface area contributed by atoms with Gasteiger partial charge in [-0.2, -0.15) is 0 Å². The normalized spacial score (nSPS) is 21.2. The second-order valence-electron chi connectivity index (χ2n) is 8.37. The lowest BCUT2D eigenvalue weighted by molar-refractivity contribution is -0.151. The van der Waals surface area contributed by atoms with Gasteiger partial charge < -0.3 is 19.7 Å². The molecule has 0 aromatic carbocycles. The zero-order chi connectivity index (χ0) is 21.2. The summed E-state index contributed by atoms with van der Waals surface area (Å²) in [6.07, 6.45) is -0.993. The highest BCUT2D eigenvalue weighted by atomic mass is 32.1. The van der Waals surface area contributed by atoms with Crippen LogP contribution in [-0.4, -0.2) is 54.1 Å². The standard InChI is InChI=1S/C20H30N2O5S/c1-11-8-15(21-19(25)20(5,6)7)28-16(11)18(24)27-14(4)17(23)22-9-12(2)26-13(3)10-22/h8,12-14H,9-10H2,1-7H3,(H,21,25). The number of morpholine rings is 1. The van der Waals surface area contributed by atoms with Crippen LogP contribution in [0.4, 0.5) is 5.00 Å². The van der Waals surface area contributed by atoms with Crippen LogP contribution >= 0.6 is 11.3 Å². The minimum Gasteiger partial charge on any atom is -0.448 e. The summed E-state index contributed by atoms with van der Waals surface area (Å²) in [7, 11) is 0. The van der Waals surface area contributed by atoms with E-state index in [0.717, 1.165) is 11.3 Å². The molecule has 7 nitrogen and oxygen atoms in total. The third kappa shape index (κ3) is 5.54. The van der Waals surface area contributed by atoms with E-state index >= 15 is 0 Å². The number of nitrogens with one attached hydrogen (secondary N) is 1. The van der Waals surface area contributed by atoms with Crippen LogP contribution < -0.4 is 5.32 Å². The molecule has 0 bridgehead atoms. The topological polar surface area (TPSA) is 84.9 Å². The van der Waals surface area contributed by atoms with E-state index in [0.29, 0.717) is 28.5 Å². The molecule has 1 saturated heterocycles. The van der Waals surface area contributed by atoms with Crippen LogP contribution in [0.1, 0.15) is 56.8 Å². The summed E-state index contributed by atoms with van der Waals surface area (Å²) in [6, 6.07) is 1.74. The Balaban J connectivity index is 2.02. The van der Waals surface area contributed by atoms with Crippen LogP contribution in [-0.2, 0) is 19.1 Å². The third-order valence-electron chi connectivity index (χ3n) is 4.38. The summed E-state index contributed by atoms with van der Waals surface area (Å²) in [5, 5.41) is 3.40. The van der Waals surface area contributed by atoms with Crippen molar-refractivity contribution in [2.24, 2.45) is 5.41 Å². The summed E-state index contributed by atoms with van der Waals surface area (Å²) in [4.78, 5) is 39.4. The van der Waals surface area contributed by atoms with Gasteiger partial charge in [0.25, 0.3) is 5.91 Å². The van der Waals surface area contributed by atoms with E-state index in [-0.39, 0.29) is 24.0 Å².